The molecule has 192 valence electrons. The summed E-state index contributed by atoms with van der Waals surface area (Å²) in [5.74, 6) is 0.430. The van der Waals surface area contributed by atoms with Crippen LogP contribution in [-0.4, -0.2) is 4.98 Å². The van der Waals surface area contributed by atoms with Crippen molar-refractivity contribution in [3.8, 4) is 22.4 Å². The maximum atomic E-state index is 5.05. The van der Waals surface area contributed by atoms with Gasteiger partial charge >= 0.3 is 0 Å². The molecule has 1 aliphatic rings. The van der Waals surface area contributed by atoms with E-state index in [4.69, 9.17) is 4.98 Å². The van der Waals surface area contributed by atoms with Crippen molar-refractivity contribution in [2.45, 2.75) is 39.0 Å². The Morgan fingerprint density at radius 1 is 0.575 bits per heavy atom. The van der Waals surface area contributed by atoms with Gasteiger partial charge in [0.25, 0.3) is 0 Å². The summed E-state index contributed by atoms with van der Waals surface area (Å²) in [6.45, 7) is 9.25. The Kier molecular flexibility index (Phi) is 4.83. The van der Waals surface area contributed by atoms with Gasteiger partial charge < -0.3 is 0 Å². The summed E-state index contributed by atoms with van der Waals surface area (Å²) in [5.41, 5.74) is 8.95. The normalized spacial score (nSPS) is 13.9. The highest BCUT2D eigenvalue weighted by atomic mass is 14.7. The highest BCUT2D eigenvalue weighted by Gasteiger charge is 2.37. The molecule has 1 nitrogen and oxygen atoms in total. The van der Waals surface area contributed by atoms with Crippen LogP contribution in [0.1, 0.15) is 50.3 Å². The Morgan fingerprint density at radius 3 is 1.82 bits per heavy atom. The van der Waals surface area contributed by atoms with E-state index in [1.807, 2.05) is 0 Å². The lowest BCUT2D eigenvalue weighted by Crippen LogP contribution is -2.15. The van der Waals surface area contributed by atoms with Crippen molar-refractivity contribution in [1.29, 1.82) is 0 Å². The monoisotopic (exact) mass is 513 g/mol. The molecule has 0 unspecified atom stereocenters. The molecule has 1 heterocycles. The number of nitrogens with zero attached hydrogens (tertiary/aromatic N) is 1. The van der Waals surface area contributed by atoms with Gasteiger partial charge in [0.1, 0.15) is 0 Å². The van der Waals surface area contributed by atoms with E-state index < -0.39 is 0 Å². The minimum Gasteiger partial charge on any atom is -0.255 e. The Bertz CT molecular complexity index is 2130. The third-order valence-electron chi connectivity index (χ3n) is 9.27. The van der Waals surface area contributed by atoms with E-state index in [1.165, 1.54) is 76.5 Å². The molecule has 7 aromatic rings. The van der Waals surface area contributed by atoms with Crippen LogP contribution in [0.3, 0.4) is 0 Å². The zero-order chi connectivity index (χ0) is 27.2. The number of pyridine rings is 1. The molecule has 0 radical (unpaired) electrons. The second-order valence-electron chi connectivity index (χ2n) is 12.1. The number of benzene rings is 6. The Balaban J connectivity index is 1.44. The average molecular weight is 514 g/mol. The van der Waals surface area contributed by atoms with Gasteiger partial charge in [-0.15, -0.1) is 0 Å². The number of hydrogen-bond donors (Lipinski definition) is 0. The lowest BCUT2D eigenvalue weighted by Gasteiger charge is -2.23. The van der Waals surface area contributed by atoms with Gasteiger partial charge in [-0.1, -0.05) is 125 Å². The smallest absolute Gasteiger partial charge is 0.0780 e. The first-order valence-electron chi connectivity index (χ1n) is 14.3. The third-order valence-corrected chi connectivity index (χ3v) is 9.27. The molecule has 0 N–H and O–H groups in total. The molecule has 0 saturated carbocycles. The Labute approximate surface area is 235 Å². The van der Waals surface area contributed by atoms with Crippen LogP contribution in [0.5, 0.6) is 0 Å². The number of hydrogen-bond acceptors (Lipinski definition) is 1. The van der Waals surface area contributed by atoms with Crippen molar-refractivity contribution in [3.63, 3.8) is 0 Å². The van der Waals surface area contributed by atoms with Crippen LogP contribution < -0.4 is 0 Å². The molecule has 40 heavy (non-hydrogen) atoms. The SMILES string of the molecule is CC(C)c1cnc(-c2ccc3c(c2)C(C)(C)c2ccc4c5ccccc5c5ccccc5c4c2-3)c2ccccc12. The molecule has 0 amide bonds. The predicted octanol–water partition coefficient (Wildman–Crippen LogP) is 10.8. The van der Waals surface area contributed by atoms with Crippen molar-refractivity contribution in [2.75, 3.05) is 0 Å². The first-order valence-corrected chi connectivity index (χ1v) is 14.3. The molecule has 1 aliphatic carbocycles. The average Bonchev–Trinajstić information content (AvgIpc) is 3.22. The van der Waals surface area contributed by atoms with Crippen LogP contribution in [-0.2, 0) is 5.41 Å². The topological polar surface area (TPSA) is 12.9 Å². The van der Waals surface area contributed by atoms with E-state index in [-0.39, 0.29) is 5.41 Å². The van der Waals surface area contributed by atoms with Crippen LogP contribution in [0.15, 0.2) is 109 Å². The summed E-state index contributed by atoms with van der Waals surface area (Å²) in [5, 5.41) is 10.5. The van der Waals surface area contributed by atoms with Gasteiger partial charge in [0.2, 0.25) is 0 Å². The summed E-state index contributed by atoms with van der Waals surface area (Å²) >= 11 is 0. The van der Waals surface area contributed by atoms with Gasteiger partial charge in [0, 0.05) is 22.6 Å². The minimum atomic E-state index is -0.116. The van der Waals surface area contributed by atoms with E-state index in [1.54, 1.807) is 0 Å². The largest absolute Gasteiger partial charge is 0.255 e. The summed E-state index contributed by atoms with van der Waals surface area (Å²) in [6.07, 6.45) is 2.08. The maximum Gasteiger partial charge on any atom is 0.0780 e. The first-order chi connectivity index (χ1) is 19.4. The molecule has 0 aliphatic heterocycles. The van der Waals surface area contributed by atoms with Crippen LogP contribution in [0.25, 0.3) is 65.5 Å². The second-order valence-corrected chi connectivity index (χ2v) is 12.1. The van der Waals surface area contributed by atoms with E-state index >= 15 is 0 Å². The molecular formula is C39H31N. The van der Waals surface area contributed by atoms with Gasteiger partial charge in [0.15, 0.2) is 0 Å². The fourth-order valence-electron chi connectivity index (χ4n) is 7.27. The van der Waals surface area contributed by atoms with E-state index in [0.717, 1.165) is 5.69 Å². The van der Waals surface area contributed by atoms with Crippen LogP contribution in [0, 0.1) is 0 Å². The molecule has 6 aromatic carbocycles. The molecular weight excluding hydrogens is 482 g/mol. The fourth-order valence-corrected chi connectivity index (χ4v) is 7.27. The Hall–Kier alpha value is -4.49. The second kappa shape index (κ2) is 8.26. The summed E-state index contributed by atoms with van der Waals surface area (Å²) in [6, 6.07) is 38.3. The van der Waals surface area contributed by atoms with Gasteiger partial charge in [-0.2, -0.15) is 0 Å². The maximum absolute atomic E-state index is 5.05. The molecule has 0 bridgehead atoms. The number of fused-ring (bicyclic) bond motifs is 11. The third kappa shape index (κ3) is 3.06. The lowest BCUT2D eigenvalue weighted by molar-refractivity contribution is 0.661. The van der Waals surface area contributed by atoms with Crippen LogP contribution in [0.4, 0.5) is 0 Å². The fraction of sp³-hybridized carbons (Fsp3) is 0.154. The molecule has 0 spiro atoms. The zero-order valence-electron chi connectivity index (χ0n) is 23.4. The van der Waals surface area contributed by atoms with Crippen molar-refractivity contribution in [3.05, 3.63) is 126 Å². The summed E-state index contributed by atoms with van der Waals surface area (Å²) in [7, 11) is 0. The quantitative estimate of drug-likeness (QED) is 0.210. The molecule has 1 aromatic heterocycles. The lowest BCUT2D eigenvalue weighted by atomic mass is 9.81. The molecule has 8 rings (SSSR count). The van der Waals surface area contributed by atoms with Gasteiger partial charge in [-0.05, 0) is 77.5 Å². The van der Waals surface area contributed by atoms with Crippen molar-refractivity contribution < 1.29 is 0 Å². The minimum absolute atomic E-state index is 0.116. The first kappa shape index (κ1) is 23.4. The van der Waals surface area contributed by atoms with Crippen molar-refractivity contribution >= 4 is 43.1 Å². The Morgan fingerprint density at radius 2 is 1.15 bits per heavy atom. The van der Waals surface area contributed by atoms with Gasteiger partial charge in [-0.3, -0.25) is 4.98 Å². The summed E-state index contributed by atoms with van der Waals surface area (Å²) < 4.78 is 0. The molecule has 0 atom stereocenters. The highest BCUT2D eigenvalue weighted by Crippen LogP contribution is 2.54. The molecule has 1 heteroatoms. The van der Waals surface area contributed by atoms with Crippen molar-refractivity contribution in [1.82, 2.24) is 4.98 Å². The van der Waals surface area contributed by atoms with Crippen molar-refractivity contribution in [2.24, 2.45) is 0 Å². The van der Waals surface area contributed by atoms with E-state index in [9.17, 15) is 0 Å². The van der Waals surface area contributed by atoms with Crippen LogP contribution >= 0.6 is 0 Å². The number of rotatable bonds is 2. The number of aromatic nitrogens is 1. The molecule has 0 fully saturated rings. The van der Waals surface area contributed by atoms with Gasteiger partial charge in [-0.25, -0.2) is 0 Å². The van der Waals surface area contributed by atoms with Gasteiger partial charge in [0.05, 0.1) is 5.69 Å². The highest BCUT2D eigenvalue weighted by molar-refractivity contribution is 6.29. The standard InChI is InChI=1S/C39H31N/c1-23(2)33-22-40-38(31-16-10-8-14-28(31)33)24-17-18-32-35(21-24)39(3,4)34-20-19-30-27-13-6-5-11-25(27)26-12-7-9-15-29(26)36(30)37(32)34/h5-23H,1-4H3. The zero-order valence-corrected chi connectivity index (χ0v) is 23.4. The van der Waals surface area contributed by atoms with E-state index in [2.05, 4.69) is 137 Å². The predicted molar refractivity (Wildman–Crippen MR) is 171 cm³/mol. The van der Waals surface area contributed by atoms with E-state index in [0.29, 0.717) is 5.92 Å². The molecule has 0 saturated heterocycles. The van der Waals surface area contributed by atoms with Crippen LogP contribution in [0.2, 0.25) is 0 Å². The summed E-state index contributed by atoms with van der Waals surface area (Å²) in [4.78, 5) is 5.05.